The molecule has 0 saturated carbocycles. The summed E-state index contributed by atoms with van der Waals surface area (Å²) in [6.07, 6.45) is 3.05. The van der Waals surface area contributed by atoms with Crippen LogP contribution in [0.5, 0.6) is 0 Å². The lowest BCUT2D eigenvalue weighted by Crippen LogP contribution is -2.22. The number of aryl methyl sites for hydroxylation is 1. The van der Waals surface area contributed by atoms with Gasteiger partial charge in [0.15, 0.2) is 0 Å². The minimum absolute atomic E-state index is 0.0392. The van der Waals surface area contributed by atoms with Crippen molar-refractivity contribution in [2.24, 2.45) is 0 Å². The number of para-hydroxylation sites is 1. The fraction of sp³-hybridized carbons (Fsp3) is 0.500. The molecule has 0 aliphatic carbocycles. The van der Waals surface area contributed by atoms with Gasteiger partial charge in [-0.15, -0.1) is 0 Å². The summed E-state index contributed by atoms with van der Waals surface area (Å²) in [6.45, 7) is 3.97. The van der Waals surface area contributed by atoms with E-state index in [0.717, 1.165) is 24.8 Å². The van der Waals surface area contributed by atoms with E-state index < -0.39 is 10.8 Å². The van der Waals surface area contributed by atoms with E-state index in [4.69, 9.17) is 5.73 Å². The first-order chi connectivity index (χ1) is 9.04. The number of nitrogens with one attached hydrogen (secondary N) is 1. The predicted molar refractivity (Wildman–Crippen MR) is 81.6 cm³/mol. The van der Waals surface area contributed by atoms with Crippen LogP contribution in [0.4, 0.5) is 11.4 Å². The Morgan fingerprint density at radius 2 is 2.11 bits per heavy atom. The van der Waals surface area contributed by atoms with Crippen molar-refractivity contribution in [2.45, 2.75) is 33.1 Å². The molecule has 4 nitrogen and oxygen atoms in total. The lowest BCUT2D eigenvalue weighted by atomic mass is 10.1. The van der Waals surface area contributed by atoms with Gasteiger partial charge in [-0.3, -0.25) is 9.00 Å². The van der Waals surface area contributed by atoms with Gasteiger partial charge in [0.1, 0.15) is 5.75 Å². The van der Waals surface area contributed by atoms with E-state index in [2.05, 4.69) is 12.2 Å². The first-order valence-corrected chi connectivity index (χ1v) is 8.03. The van der Waals surface area contributed by atoms with E-state index in [1.54, 1.807) is 6.07 Å². The number of unbranched alkanes of at least 4 members (excludes halogenated alkanes) is 2. The number of amides is 1. The molecule has 0 aromatic heterocycles. The average molecular weight is 282 g/mol. The van der Waals surface area contributed by atoms with E-state index in [1.807, 2.05) is 19.1 Å². The summed E-state index contributed by atoms with van der Waals surface area (Å²) < 4.78 is 11.7. The molecule has 0 spiro atoms. The third kappa shape index (κ3) is 5.42. The van der Waals surface area contributed by atoms with Crippen LogP contribution < -0.4 is 11.1 Å². The summed E-state index contributed by atoms with van der Waals surface area (Å²) in [5.41, 5.74) is 7.87. The largest absolute Gasteiger partial charge is 0.397 e. The van der Waals surface area contributed by atoms with Crippen molar-refractivity contribution in [3.05, 3.63) is 23.8 Å². The van der Waals surface area contributed by atoms with Crippen molar-refractivity contribution < 1.29 is 9.00 Å². The topological polar surface area (TPSA) is 72.2 Å². The zero-order valence-corrected chi connectivity index (χ0v) is 12.4. The molecule has 106 valence electrons. The van der Waals surface area contributed by atoms with Crippen molar-refractivity contribution in [1.29, 1.82) is 0 Å². The molecule has 0 fully saturated rings. The zero-order valence-electron chi connectivity index (χ0n) is 11.6. The highest BCUT2D eigenvalue weighted by Crippen LogP contribution is 2.22. The molecule has 0 bridgehead atoms. The number of nitrogens with two attached hydrogens (primary N) is 1. The highest BCUT2D eigenvalue weighted by Gasteiger charge is 2.11. The minimum atomic E-state index is -1.09. The Morgan fingerprint density at radius 3 is 2.74 bits per heavy atom. The third-order valence-corrected chi connectivity index (χ3v) is 4.17. The number of hydrogen-bond acceptors (Lipinski definition) is 3. The van der Waals surface area contributed by atoms with Gasteiger partial charge in [0.25, 0.3) is 0 Å². The number of carbonyl (C=O) groups is 1. The smallest absolute Gasteiger partial charge is 0.237 e. The molecule has 1 aromatic carbocycles. The third-order valence-electron chi connectivity index (χ3n) is 2.84. The molecular weight excluding hydrogens is 260 g/mol. The molecule has 0 heterocycles. The fourth-order valence-corrected chi connectivity index (χ4v) is 2.80. The minimum Gasteiger partial charge on any atom is -0.397 e. The molecule has 0 aliphatic rings. The molecule has 1 rings (SSSR count). The Morgan fingerprint density at radius 1 is 1.37 bits per heavy atom. The summed E-state index contributed by atoms with van der Waals surface area (Å²) in [7, 11) is -1.09. The maximum atomic E-state index is 11.8. The second kappa shape index (κ2) is 7.94. The van der Waals surface area contributed by atoms with Crippen LogP contribution in [0.1, 0.15) is 31.7 Å². The van der Waals surface area contributed by atoms with E-state index in [9.17, 15) is 9.00 Å². The van der Waals surface area contributed by atoms with Gasteiger partial charge in [0, 0.05) is 16.6 Å². The molecule has 0 radical (unpaired) electrons. The van der Waals surface area contributed by atoms with Crippen LogP contribution in [-0.4, -0.2) is 21.6 Å². The molecule has 3 N–H and O–H groups in total. The molecular formula is C14H22N2O2S. The summed E-state index contributed by atoms with van der Waals surface area (Å²) in [6, 6.07) is 5.45. The quantitative estimate of drug-likeness (QED) is 0.596. The van der Waals surface area contributed by atoms with Gasteiger partial charge in [0.2, 0.25) is 5.91 Å². The molecule has 1 aromatic rings. The summed E-state index contributed by atoms with van der Waals surface area (Å²) in [5, 5.41) is 2.74. The Bertz CT molecular complexity index is 441. The van der Waals surface area contributed by atoms with Gasteiger partial charge in [-0.05, 0) is 25.0 Å². The van der Waals surface area contributed by atoms with Crippen LogP contribution >= 0.6 is 0 Å². The highest BCUT2D eigenvalue weighted by atomic mass is 32.2. The van der Waals surface area contributed by atoms with Crippen LogP contribution in [0.15, 0.2) is 18.2 Å². The van der Waals surface area contributed by atoms with Crippen molar-refractivity contribution in [1.82, 2.24) is 0 Å². The van der Waals surface area contributed by atoms with Crippen LogP contribution in [0, 0.1) is 6.92 Å². The zero-order chi connectivity index (χ0) is 14.3. The van der Waals surface area contributed by atoms with Crippen molar-refractivity contribution in [3.63, 3.8) is 0 Å². The standard InChI is InChI=1S/C14H22N2O2S/c1-3-4-5-9-19(18)10-13(17)16-14-11(2)7-6-8-12(14)15/h6-8H,3-5,9-10,15H2,1-2H3,(H,16,17). The van der Waals surface area contributed by atoms with E-state index >= 15 is 0 Å². The molecule has 5 heteroatoms. The molecule has 19 heavy (non-hydrogen) atoms. The van der Waals surface area contributed by atoms with Crippen molar-refractivity contribution in [2.75, 3.05) is 22.6 Å². The Hall–Kier alpha value is -1.36. The van der Waals surface area contributed by atoms with Crippen LogP contribution in [0.3, 0.4) is 0 Å². The number of hydrogen-bond donors (Lipinski definition) is 2. The van der Waals surface area contributed by atoms with Gasteiger partial charge in [-0.1, -0.05) is 31.9 Å². The van der Waals surface area contributed by atoms with Gasteiger partial charge >= 0.3 is 0 Å². The second-order valence-electron chi connectivity index (χ2n) is 4.58. The summed E-state index contributed by atoms with van der Waals surface area (Å²) in [4.78, 5) is 11.8. The van der Waals surface area contributed by atoms with E-state index in [0.29, 0.717) is 17.1 Å². The molecule has 1 amide bonds. The number of nitrogen functional groups attached to an aromatic ring is 1. The first-order valence-electron chi connectivity index (χ1n) is 6.54. The van der Waals surface area contributed by atoms with Gasteiger partial charge in [0.05, 0.1) is 11.4 Å². The fourth-order valence-electron chi connectivity index (χ4n) is 1.77. The number of rotatable bonds is 7. The predicted octanol–water partition coefficient (Wildman–Crippen LogP) is 2.45. The normalized spacial score (nSPS) is 12.1. The van der Waals surface area contributed by atoms with Gasteiger partial charge in [-0.2, -0.15) is 0 Å². The number of carbonyl (C=O) groups excluding carboxylic acids is 1. The molecule has 0 aliphatic heterocycles. The molecule has 0 saturated heterocycles. The average Bonchev–Trinajstić information content (AvgIpc) is 2.34. The van der Waals surface area contributed by atoms with Crippen LogP contribution in [0.2, 0.25) is 0 Å². The van der Waals surface area contributed by atoms with Gasteiger partial charge < -0.3 is 11.1 Å². The van der Waals surface area contributed by atoms with Crippen molar-refractivity contribution in [3.8, 4) is 0 Å². The number of anilines is 2. The summed E-state index contributed by atoms with van der Waals surface area (Å²) in [5.74, 6) is 0.387. The second-order valence-corrected chi connectivity index (χ2v) is 6.16. The van der Waals surface area contributed by atoms with Gasteiger partial charge in [-0.25, -0.2) is 0 Å². The first kappa shape index (κ1) is 15.7. The molecule has 1 atom stereocenters. The maximum Gasteiger partial charge on any atom is 0.237 e. The Kier molecular flexibility index (Phi) is 6.56. The maximum absolute atomic E-state index is 11.8. The summed E-state index contributed by atoms with van der Waals surface area (Å²) >= 11 is 0. The van der Waals surface area contributed by atoms with E-state index in [-0.39, 0.29) is 11.7 Å². The lowest BCUT2D eigenvalue weighted by Gasteiger charge is -2.10. The van der Waals surface area contributed by atoms with Crippen LogP contribution in [-0.2, 0) is 15.6 Å². The number of benzene rings is 1. The Labute approximate surface area is 117 Å². The van der Waals surface area contributed by atoms with Crippen molar-refractivity contribution >= 4 is 28.1 Å². The monoisotopic (exact) mass is 282 g/mol. The SMILES string of the molecule is CCCCCS(=O)CC(=O)Nc1c(C)cccc1N. The highest BCUT2D eigenvalue weighted by molar-refractivity contribution is 7.85. The lowest BCUT2D eigenvalue weighted by molar-refractivity contribution is -0.113. The molecule has 1 unspecified atom stereocenters. The Balaban J connectivity index is 2.49. The van der Waals surface area contributed by atoms with E-state index in [1.165, 1.54) is 0 Å². The van der Waals surface area contributed by atoms with Crippen LogP contribution in [0.25, 0.3) is 0 Å².